The molecule has 0 amide bonds. The van der Waals surface area contributed by atoms with Crippen molar-refractivity contribution in [3.8, 4) is 12.3 Å². The van der Waals surface area contributed by atoms with Crippen LogP contribution in [0.15, 0.2) is 29.3 Å². The van der Waals surface area contributed by atoms with Crippen molar-refractivity contribution >= 4 is 23.2 Å². The molecule has 1 aromatic rings. The fourth-order valence-electron chi connectivity index (χ4n) is 2.48. The quantitative estimate of drug-likeness (QED) is 0.393. The van der Waals surface area contributed by atoms with Crippen molar-refractivity contribution in [2.24, 2.45) is 10.7 Å². The van der Waals surface area contributed by atoms with E-state index in [0.717, 1.165) is 57.0 Å². The van der Waals surface area contributed by atoms with Crippen LogP contribution >= 0.6 is 11.6 Å². The fourth-order valence-corrected chi connectivity index (χ4v) is 2.60. The van der Waals surface area contributed by atoms with Crippen LogP contribution in [0.1, 0.15) is 19.3 Å². The summed E-state index contributed by atoms with van der Waals surface area (Å²) in [6, 6.07) is 7.96. The summed E-state index contributed by atoms with van der Waals surface area (Å²) < 4.78 is 0. The number of aliphatic imine (C=N–C) groups is 1. The van der Waals surface area contributed by atoms with E-state index in [2.05, 4.69) is 32.8 Å². The Morgan fingerprint density at radius 2 is 1.86 bits per heavy atom. The average molecular weight is 319 g/mol. The molecule has 0 saturated carbocycles. The van der Waals surface area contributed by atoms with Gasteiger partial charge in [0, 0.05) is 49.9 Å². The third-order valence-corrected chi connectivity index (χ3v) is 4.05. The maximum absolute atomic E-state index is 6.07. The molecule has 2 rings (SSSR count). The molecule has 0 spiro atoms. The van der Waals surface area contributed by atoms with Gasteiger partial charge in [-0.1, -0.05) is 11.6 Å². The molecule has 1 aliphatic heterocycles. The number of halogens is 1. The zero-order chi connectivity index (χ0) is 15.8. The van der Waals surface area contributed by atoms with Gasteiger partial charge in [-0.2, -0.15) is 0 Å². The number of hydrogen-bond donors (Lipinski definition) is 1. The fraction of sp³-hybridized carbons (Fsp3) is 0.471. The van der Waals surface area contributed by atoms with E-state index in [1.54, 1.807) is 0 Å². The van der Waals surface area contributed by atoms with E-state index in [1.807, 2.05) is 12.1 Å². The molecule has 4 nitrogen and oxygen atoms in total. The first kappa shape index (κ1) is 16.5. The molecule has 0 atom stereocenters. The SMILES string of the molecule is C#CCCCCN=C(N)N1CCN(c2ccc(Cl)cc2)CC1. The number of hydrogen-bond acceptors (Lipinski definition) is 2. The zero-order valence-electron chi connectivity index (χ0n) is 12.8. The highest BCUT2D eigenvalue weighted by Gasteiger charge is 2.18. The number of terminal acetylenes is 1. The standard InChI is InChI=1S/C17H23ClN4/c1-2-3-4-5-10-20-17(19)22-13-11-21(12-14-22)16-8-6-15(18)7-9-16/h1,6-9H,3-5,10-14H2,(H2,19,20). The van der Waals surface area contributed by atoms with Gasteiger partial charge in [0.1, 0.15) is 0 Å². The minimum Gasteiger partial charge on any atom is -0.370 e. The van der Waals surface area contributed by atoms with Gasteiger partial charge >= 0.3 is 0 Å². The van der Waals surface area contributed by atoms with Crippen LogP contribution in [-0.4, -0.2) is 43.6 Å². The number of nitrogens with two attached hydrogens (primary N) is 1. The van der Waals surface area contributed by atoms with Crippen LogP contribution in [-0.2, 0) is 0 Å². The van der Waals surface area contributed by atoms with Crippen molar-refractivity contribution in [2.75, 3.05) is 37.6 Å². The van der Waals surface area contributed by atoms with Gasteiger partial charge in [-0.25, -0.2) is 0 Å². The number of piperazine rings is 1. The van der Waals surface area contributed by atoms with Crippen LogP contribution in [0.2, 0.25) is 5.02 Å². The monoisotopic (exact) mass is 318 g/mol. The van der Waals surface area contributed by atoms with E-state index >= 15 is 0 Å². The minimum atomic E-state index is 0.650. The van der Waals surface area contributed by atoms with E-state index < -0.39 is 0 Å². The largest absolute Gasteiger partial charge is 0.370 e. The first-order valence-corrected chi connectivity index (χ1v) is 8.07. The van der Waals surface area contributed by atoms with Crippen LogP contribution in [0.5, 0.6) is 0 Å². The summed E-state index contributed by atoms with van der Waals surface area (Å²) in [5, 5.41) is 0.767. The normalized spacial score (nSPS) is 15.7. The molecule has 22 heavy (non-hydrogen) atoms. The number of nitrogens with zero attached hydrogens (tertiary/aromatic N) is 3. The molecule has 1 aliphatic rings. The van der Waals surface area contributed by atoms with E-state index in [0.29, 0.717) is 5.96 Å². The Bertz CT molecular complexity index is 525. The van der Waals surface area contributed by atoms with Crippen molar-refractivity contribution in [3.63, 3.8) is 0 Å². The summed E-state index contributed by atoms with van der Waals surface area (Å²) in [4.78, 5) is 8.93. The third kappa shape index (κ3) is 4.85. The summed E-state index contributed by atoms with van der Waals surface area (Å²) in [5.74, 6) is 3.29. The number of anilines is 1. The number of rotatable bonds is 5. The molecular formula is C17H23ClN4. The summed E-state index contributed by atoms with van der Waals surface area (Å²) in [7, 11) is 0. The summed E-state index contributed by atoms with van der Waals surface area (Å²) >= 11 is 5.93. The van der Waals surface area contributed by atoms with E-state index in [9.17, 15) is 0 Å². The van der Waals surface area contributed by atoms with Crippen molar-refractivity contribution in [1.29, 1.82) is 0 Å². The van der Waals surface area contributed by atoms with Crippen LogP contribution in [0, 0.1) is 12.3 Å². The highest BCUT2D eigenvalue weighted by molar-refractivity contribution is 6.30. The van der Waals surface area contributed by atoms with Crippen molar-refractivity contribution in [3.05, 3.63) is 29.3 Å². The first-order chi connectivity index (χ1) is 10.7. The summed E-state index contributed by atoms with van der Waals surface area (Å²) in [6.07, 6.45) is 8.05. The topological polar surface area (TPSA) is 44.9 Å². The minimum absolute atomic E-state index is 0.650. The Morgan fingerprint density at radius 3 is 2.50 bits per heavy atom. The zero-order valence-corrected chi connectivity index (χ0v) is 13.6. The van der Waals surface area contributed by atoms with Crippen LogP contribution in [0.25, 0.3) is 0 Å². The highest BCUT2D eigenvalue weighted by atomic mass is 35.5. The number of unbranched alkanes of at least 4 members (excludes halogenated alkanes) is 2. The number of benzene rings is 1. The molecule has 0 radical (unpaired) electrons. The Kier molecular flexibility index (Phi) is 6.42. The molecule has 0 aromatic heterocycles. The second kappa shape index (κ2) is 8.55. The Balaban J connectivity index is 1.77. The summed E-state index contributed by atoms with van der Waals surface area (Å²) in [6.45, 7) is 4.42. The molecule has 1 heterocycles. The van der Waals surface area contributed by atoms with Gasteiger partial charge in [0.15, 0.2) is 5.96 Å². The molecule has 5 heteroatoms. The summed E-state index contributed by atoms with van der Waals surface area (Å²) in [5.41, 5.74) is 7.27. The Morgan fingerprint density at radius 1 is 1.18 bits per heavy atom. The van der Waals surface area contributed by atoms with Gasteiger partial charge in [-0.05, 0) is 37.1 Å². The van der Waals surface area contributed by atoms with Gasteiger partial charge in [-0.3, -0.25) is 4.99 Å². The third-order valence-electron chi connectivity index (χ3n) is 3.80. The molecule has 118 valence electrons. The van der Waals surface area contributed by atoms with E-state index in [1.165, 1.54) is 5.69 Å². The van der Waals surface area contributed by atoms with Gasteiger partial charge in [0.05, 0.1) is 0 Å². The smallest absolute Gasteiger partial charge is 0.191 e. The molecule has 1 fully saturated rings. The van der Waals surface area contributed by atoms with Crippen molar-refractivity contribution in [1.82, 2.24) is 4.90 Å². The van der Waals surface area contributed by atoms with Crippen LogP contribution < -0.4 is 10.6 Å². The molecule has 1 saturated heterocycles. The lowest BCUT2D eigenvalue weighted by molar-refractivity contribution is 0.380. The van der Waals surface area contributed by atoms with Gasteiger partial charge < -0.3 is 15.5 Å². The molecule has 0 aliphatic carbocycles. The van der Waals surface area contributed by atoms with Gasteiger partial charge in [0.25, 0.3) is 0 Å². The molecule has 1 aromatic carbocycles. The highest BCUT2D eigenvalue weighted by Crippen LogP contribution is 2.19. The maximum Gasteiger partial charge on any atom is 0.191 e. The second-order valence-corrected chi connectivity index (χ2v) is 5.79. The van der Waals surface area contributed by atoms with Gasteiger partial charge in [-0.15, -0.1) is 12.3 Å². The van der Waals surface area contributed by atoms with E-state index in [4.69, 9.17) is 23.8 Å². The molecule has 0 unspecified atom stereocenters. The second-order valence-electron chi connectivity index (χ2n) is 5.35. The maximum atomic E-state index is 6.07. The predicted molar refractivity (Wildman–Crippen MR) is 94.4 cm³/mol. The van der Waals surface area contributed by atoms with Gasteiger partial charge in [0.2, 0.25) is 0 Å². The Labute approximate surface area is 137 Å². The molecule has 0 bridgehead atoms. The number of guanidine groups is 1. The molecule has 2 N–H and O–H groups in total. The molecular weight excluding hydrogens is 296 g/mol. The van der Waals surface area contributed by atoms with Crippen LogP contribution in [0.3, 0.4) is 0 Å². The average Bonchev–Trinajstić information content (AvgIpc) is 2.55. The Hall–Kier alpha value is -1.86. The van der Waals surface area contributed by atoms with E-state index in [-0.39, 0.29) is 0 Å². The van der Waals surface area contributed by atoms with Crippen LogP contribution in [0.4, 0.5) is 5.69 Å². The van der Waals surface area contributed by atoms with Crippen molar-refractivity contribution < 1.29 is 0 Å². The lowest BCUT2D eigenvalue weighted by Crippen LogP contribution is -2.51. The first-order valence-electron chi connectivity index (χ1n) is 7.69. The lowest BCUT2D eigenvalue weighted by Gasteiger charge is -2.36. The van der Waals surface area contributed by atoms with Crippen molar-refractivity contribution in [2.45, 2.75) is 19.3 Å². The lowest BCUT2D eigenvalue weighted by atomic mass is 10.2. The predicted octanol–water partition coefficient (Wildman–Crippen LogP) is 2.58.